The van der Waals surface area contributed by atoms with Crippen molar-refractivity contribution in [2.24, 2.45) is 5.73 Å². The van der Waals surface area contributed by atoms with Crippen LogP contribution in [0.5, 0.6) is 0 Å². The summed E-state index contributed by atoms with van der Waals surface area (Å²) in [6.45, 7) is 2.04. The third-order valence-corrected chi connectivity index (χ3v) is 4.68. The molecule has 0 saturated carbocycles. The van der Waals surface area contributed by atoms with E-state index in [0.29, 0.717) is 29.0 Å². The fraction of sp³-hybridized carbons (Fsp3) is 0.136. The maximum absolute atomic E-state index is 11.6. The number of nitrogens with zero attached hydrogens (tertiary/aromatic N) is 4. The third-order valence-electron chi connectivity index (χ3n) is 4.68. The largest absolute Gasteiger partial charge is 0.464 e. The summed E-state index contributed by atoms with van der Waals surface area (Å²) in [6, 6.07) is 14.9. The maximum atomic E-state index is 11.6. The molecule has 2 aromatic heterocycles. The topological polar surface area (TPSA) is 113 Å². The Bertz CT molecular complexity index is 1250. The van der Waals surface area contributed by atoms with Crippen molar-refractivity contribution in [2.75, 3.05) is 6.61 Å². The predicted molar refractivity (Wildman–Crippen MR) is 111 cm³/mol. The number of carbonyl (C=O) groups is 2. The number of fused-ring (bicyclic) bond motifs is 1. The lowest BCUT2D eigenvalue weighted by molar-refractivity contribution is -0.141. The predicted octanol–water partition coefficient (Wildman–Crippen LogP) is 2.82. The first-order valence-corrected chi connectivity index (χ1v) is 9.33. The van der Waals surface area contributed by atoms with Gasteiger partial charge in [0.2, 0.25) is 5.91 Å². The second-order valence-electron chi connectivity index (χ2n) is 6.66. The lowest BCUT2D eigenvalue weighted by Crippen LogP contribution is -2.10. The number of hydrogen-bond acceptors (Lipinski definition) is 6. The van der Waals surface area contributed by atoms with E-state index in [1.54, 1.807) is 24.5 Å². The average molecular weight is 401 g/mol. The highest BCUT2D eigenvalue weighted by Gasteiger charge is 2.16. The van der Waals surface area contributed by atoms with E-state index >= 15 is 0 Å². The molecule has 8 nitrogen and oxygen atoms in total. The van der Waals surface area contributed by atoms with Crippen molar-refractivity contribution >= 4 is 23.0 Å². The highest BCUT2D eigenvalue weighted by Crippen LogP contribution is 2.34. The SMILES string of the molecule is CC(=O)OCCn1cnc2c(-c3ccccc3-c3cccc(C(N)=O)c3)ncnc21. The van der Waals surface area contributed by atoms with Crippen LogP contribution in [0, 0.1) is 0 Å². The molecular formula is C22H19N5O3. The Morgan fingerprint density at radius 3 is 2.60 bits per heavy atom. The zero-order valence-corrected chi connectivity index (χ0v) is 16.3. The quantitative estimate of drug-likeness (QED) is 0.497. The molecule has 0 radical (unpaired) electrons. The Balaban J connectivity index is 1.79. The van der Waals surface area contributed by atoms with E-state index in [1.807, 2.05) is 34.9 Å². The third kappa shape index (κ3) is 3.75. The Morgan fingerprint density at radius 1 is 1.03 bits per heavy atom. The zero-order chi connectivity index (χ0) is 21.1. The van der Waals surface area contributed by atoms with Gasteiger partial charge < -0.3 is 15.0 Å². The minimum atomic E-state index is -0.481. The van der Waals surface area contributed by atoms with E-state index in [4.69, 9.17) is 10.5 Å². The number of esters is 1. The molecule has 0 bridgehead atoms. The minimum absolute atomic E-state index is 0.233. The van der Waals surface area contributed by atoms with Crippen molar-refractivity contribution in [3.63, 3.8) is 0 Å². The summed E-state index contributed by atoms with van der Waals surface area (Å²) < 4.78 is 6.84. The molecule has 2 aromatic carbocycles. The van der Waals surface area contributed by atoms with E-state index in [2.05, 4.69) is 15.0 Å². The van der Waals surface area contributed by atoms with Crippen LogP contribution in [0.2, 0.25) is 0 Å². The molecule has 0 aliphatic carbocycles. The standard InChI is InChI=1S/C22H19N5O3/c1-14(28)30-10-9-27-13-26-20-19(24-12-25-22(20)27)18-8-3-2-7-17(18)15-5-4-6-16(11-15)21(23)29/h2-8,11-13H,9-10H2,1H3,(H2,23,29). The van der Waals surface area contributed by atoms with Crippen LogP contribution in [0.1, 0.15) is 17.3 Å². The highest BCUT2D eigenvalue weighted by molar-refractivity contribution is 5.97. The summed E-state index contributed by atoms with van der Waals surface area (Å²) in [5.74, 6) is -0.813. The van der Waals surface area contributed by atoms with Gasteiger partial charge in [0.05, 0.1) is 12.9 Å². The first-order valence-electron chi connectivity index (χ1n) is 9.33. The molecule has 0 spiro atoms. The number of carbonyl (C=O) groups excluding carboxylic acids is 2. The summed E-state index contributed by atoms with van der Waals surface area (Å²) in [6.07, 6.45) is 3.14. The van der Waals surface area contributed by atoms with Gasteiger partial charge in [0.25, 0.3) is 0 Å². The molecule has 0 atom stereocenters. The van der Waals surface area contributed by atoms with Crippen molar-refractivity contribution in [2.45, 2.75) is 13.5 Å². The molecule has 2 N–H and O–H groups in total. The van der Waals surface area contributed by atoms with E-state index in [0.717, 1.165) is 16.7 Å². The van der Waals surface area contributed by atoms with E-state index in [9.17, 15) is 9.59 Å². The second-order valence-corrected chi connectivity index (χ2v) is 6.66. The Morgan fingerprint density at radius 2 is 1.83 bits per heavy atom. The number of aromatic nitrogens is 4. The molecule has 0 unspecified atom stereocenters. The zero-order valence-electron chi connectivity index (χ0n) is 16.3. The van der Waals surface area contributed by atoms with Gasteiger partial charge in [0.15, 0.2) is 5.65 Å². The number of amides is 1. The molecular weight excluding hydrogens is 382 g/mol. The number of benzene rings is 2. The van der Waals surface area contributed by atoms with Gasteiger partial charge in [-0.3, -0.25) is 9.59 Å². The molecule has 30 heavy (non-hydrogen) atoms. The van der Waals surface area contributed by atoms with Crippen molar-refractivity contribution in [1.82, 2.24) is 19.5 Å². The minimum Gasteiger partial charge on any atom is -0.464 e. The van der Waals surface area contributed by atoms with Gasteiger partial charge in [-0.15, -0.1) is 0 Å². The number of imidazole rings is 1. The van der Waals surface area contributed by atoms with Crippen LogP contribution in [0.4, 0.5) is 0 Å². The molecule has 8 heteroatoms. The van der Waals surface area contributed by atoms with Crippen molar-refractivity contribution in [3.05, 3.63) is 66.7 Å². The van der Waals surface area contributed by atoms with Gasteiger partial charge in [-0.1, -0.05) is 36.4 Å². The number of primary amides is 1. The summed E-state index contributed by atoms with van der Waals surface area (Å²) in [4.78, 5) is 35.9. The fourth-order valence-corrected chi connectivity index (χ4v) is 3.31. The molecule has 0 fully saturated rings. The van der Waals surface area contributed by atoms with Gasteiger partial charge in [0, 0.05) is 18.1 Å². The highest BCUT2D eigenvalue weighted by atomic mass is 16.5. The van der Waals surface area contributed by atoms with E-state index in [-0.39, 0.29) is 12.6 Å². The van der Waals surface area contributed by atoms with Gasteiger partial charge in [-0.05, 0) is 23.3 Å². The second kappa shape index (κ2) is 8.12. The lowest BCUT2D eigenvalue weighted by atomic mass is 9.96. The van der Waals surface area contributed by atoms with Gasteiger partial charge in [-0.2, -0.15) is 0 Å². The molecule has 0 aliphatic heterocycles. The van der Waals surface area contributed by atoms with Gasteiger partial charge in [-0.25, -0.2) is 15.0 Å². The van der Waals surface area contributed by atoms with Crippen LogP contribution in [-0.2, 0) is 16.1 Å². The monoisotopic (exact) mass is 401 g/mol. The van der Waals surface area contributed by atoms with E-state index in [1.165, 1.54) is 13.3 Å². The van der Waals surface area contributed by atoms with Crippen molar-refractivity contribution in [3.8, 4) is 22.4 Å². The van der Waals surface area contributed by atoms with Gasteiger partial charge in [0.1, 0.15) is 24.1 Å². The van der Waals surface area contributed by atoms with Crippen LogP contribution in [0.15, 0.2) is 61.2 Å². The fourth-order valence-electron chi connectivity index (χ4n) is 3.31. The summed E-state index contributed by atoms with van der Waals surface area (Å²) in [7, 11) is 0. The first-order chi connectivity index (χ1) is 14.5. The van der Waals surface area contributed by atoms with E-state index < -0.39 is 5.91 Å². The lowest BCUT2D eigenvalue weighted by Gasteiger charge is -2.11. The average Bonchev–Trinajstić information content (AvgIpc) is 3.17. The summed E-state index contributed by atoms with van der Waals surface area (Å²) in [5.41, 5.74) is 10.4. The molecule has 4 rings (SSSR count). The van der Waals surface area contributed by atoms with Crippen LogP contribution >= 0.6 is 0 Å². The Hall–Kier alpha value is -4.07. The number of ether oxygens (including phenoxy) is 1. The summed E-state index contributed by atoms with van der Waals surface area (Å²) >= 11 is 0. The van der Waals surface area contributed by atoms with Crippen molar-refractivity contribution < 1.29 is 14.3 Å². The molecule has 0 aliphatic rings. The molecule has 2 heterocycles. The number of nitrogens with two attached hydrogens (primary N) is 1. The smallest absolute Gasteiger partial charge is 0.302 e. The van der Waals surface area contributed by atoms with Crippen LogP contribution in [0.25, 0.3) is 33.5 Å². The first kappa shape index (κ1) is 19.3. The number of rotatable bonds is 6. The van der Waals surface area contributed by atoms with Crippen LogP contribution in [-0.4, -0.2) is 38.0 Å². The normalized spacial score (nSPS) is 10.8. The van der Waals surface area contributed by atoms with Gasteiger partial charge >= 0.3 is 5.97 Å². The Kier molecular flexibility index (Phi) is 5.21. The molecule has 0 saturated heterocycles. The molecule has 4 aromatic rings. The molecule has 150 valence electrons. The molecule has 1 amide bonds. The number of hydrogen-bond donors (Lipinski definition) is 1. The van der Waals surface area contributed by atoms with Crippen molar-refractivity contribution in [1.29, 1.82) is 0 Å². The summed E-state index contributed by atoms with van der Waals surface area (Å²) in [5, 5.41) is 0. The Labute approximate surface area is 172 Å². The van der Waals surface area contributed by atoms with Crippen LogP contribution in [0.3, 0.4) is 0 Å². The van der Waals surface area contributed by atoms with Crippen LogP contribution < -0.4 is 5.73 Å². The maximum Gasteiger partial charge on any atom is 0.302 e.